The fourth-order valence-corrected chi connectivity index (χ4v) is 2.56. The molecular weight excluding hydrogens is 268 g/mol. The topological polar surface area (TPSA) is 75.7 Å². The first kappa shape index (κ1) is 16.4. The van der Waals surface area contributed by atoms with E-state index in [0.29, 0.717) is 12.5 Å². The van der Waals surface area contributed by atoms with E-state index in [1.807, 2.05) is 0 Å². The van der Waals surface area contributed by atoms with Gasteiger partial charge < -0.3 is 9.64 Å². The number of hydrogen-bond donors (Lipinski definition) is 1. The van der Waals surface area contributed by atoms with Crippen LogP contribution in [-0.4, -0.2) is 58.3 Å². The maximum absolute atomic E-state index is 11.9. The van der Waals surface area contributed by atoms with E-state index < -0.39 is 10.0 Å². The molecule has 0 aromatic carbocycles. The molecule has 1 heterocycles. The smallest absolute Gasteiger partial charge is 0.223 e. The molecule has 0 aromatic rings. The molecule has 1 rings (SSSR count). The summed E-state index contributed by atoms with van der Waals surface area (Å²) in [4.78, 5) is 13.7. The zero-order valence-electron chi connectivity index (χ0n) is 11.7. The van der Waals surface area contributed by atoms with Crippen molar-refractivity contribution in [2.24, 2.45) is 5.92 Å². The van der Waals surface area contributed by atoms with E-state index in [9.17, 15) is 13.2 Å². The molecule has 6 nitrogen and oxygen atoms in total. The van der Waals surface area contributed by atoms with E-state index >= 15 is 0 Å². The number of nitrogens with zero attached hydrogens (tertiary/aromatic N) is 1. The Labute approximate surface area is 115 Å². The molecule has 0 aromatic heterocycles. The summed E-state index contributed by atoms with van der Waals surface area (Å²) in [6, 6.07) is 0. The fraction of sp³-hybridized carbons (Fsp3) is 0.917. The van der Waals surface area contributed by atoms with Gasteiger partial charge in [-0.15, -0.1) is 0 Å². The van der Waals surface area contributed by atoms with Crippen LogP contribution in [0.15, 0.2) is 0 Å². The van der Waals surface area contributed by atoms with Crippen LogP contribution in [0.4, 0.5) is 0 Å². The highest BCUT2D eigenvalue weighted by atomic mass is 32.2. The molecule has 0 aliphatic carbocycles. The Kier molecular flexibility index (Phi) is 6.74. The minimum absolute atomic E-state index is 0.00846. The Morgan fingerprint density at radius 3 is 2.84 bits per heavy atom. The lowest BCUT2D eigenvalue weighted by Crippen LogP contribution is -2.33. The maximum atomic E-state index is 11.9. The lowest BCUT2D eigenvalue weighted by atomic mass is 10.1. The second-order valence-electron chi connectivity index (χ2n) is 4.99. The van der Waals surface area contributed by atoms with Crippen molar-refractivity contribution in [1.82, 2.24) is 9.62 Å². The van der Waals surface area contributed by atoms with Gasteiger partial charge in [-0.05, 0) is 12.8 Å². The van der Waals surface area contributed by atoms with Gasteiger partial charge in [-0.25, -0.2) is 13.1 Å². The standard InChI is InChI=1S/C12H24N2O4S/c1-3-8-18-10-11-5-7-14(9-11)12(15)4-6-13-19(2,16)17/h11,13H,3-10H2,1-2H3/t11-/m1/s1. The third-order valence-corrected chi connectivity index (χ3v) is 3.77. The van der Waals surface area contributed by atoms with E-state index in [1.165, 1.54) is 0 Å². The molecule has 1 amide bonds. The van der Waals surface area contributed by atoms with Crippen molar-refractivity contribution >= 4 is 15.9 Å². The van der Waals surface area contributed by atoms with Crippen molar-refractivity contribution in [1.29, 1.82) is 0 Å². The van der Waals surface area contributed by atoms with E-state index in [-0.39, 0.29) is 18.9 Å². The lowest BCUT2D eigenvalue weighted by molar-refractivity contribution is -0.130. The third kappa shape index (κ3) is 6.89. The predicted molar refractivity (Wildman–Crippen MR) is 73.3 cm³/mol. The van der Waals surface area contributed by atoms with Crippen molar-refractivity contribution < 1.29 is 17.9 Å². The summed E-state index contributed by atoms with van der Waals surface area (Å²) in [5.74, 6) is 0.424. The normalized spacial score (nSPS) is 19.9. The van der Waals surface area contributed by atoms with Gasteiger partial charge in [-0.2, -0.15) is 0 Å². The molecule has 7 heteroatoms. The van der Waals surface area contributed by atoms with Gasteiger partial charge in [-0.1, -0.05) is 6.92 Å². The molecule has 1 N–H and O–H groups in total. The number of likely N-dealkylation sites (tertiary alicyclic amines) is 1. The third-order valence-electron chi connectivity index (χ3n) is 3.04. The van der Waals surface area contributed by atoms with Crippen LogP contribution in [0.1, 0.15) is 26.2 Å². The highest BCUT2D eigenvalue weighted by Gasteiger charge is 2.25. The molecule has 112 valence electrons. The average molecular weight is 292 g/mol. The van der Waals surface area contributed by atoms with Gasteiger partial charge in [0.2, 0.25) is 15.9 Å². The molecule has 1 aliphatic heterocycles. The fourth-order valence-electron chi connectivity index (χ4n) is 2.09. The van der Waals surface area contributed by atoms with Gasteiger partial charge in [0, 0.05) is 38.6 Å². The quantitative estimate of drug-likeness (QED) is 0.649. The minimum Gasteiger partial charge on any atom is -0.381 e. The van der Waals surface area contributed by atoms with E-state index in [4.69, 9.17) is 4.74 Å². The van der Waals surface area contributed by atoms with Crippen LogP contribution in [0.25, 0.3) is 0 Å². The first-order valence-electron chi connectivity index (χ1n) is 6.72. The zero-order valence-corrected chi connectivity index (χ0v) is 12.5. The predicted octanol–water partition coefficient (Wildman–Crippen LogP) is 0.201. The summed E-state index contributed by atoms with van der Waals surface area (Å²) in [6.07, 6.45) is 3.28. The van der Waals surface area contributed by atoms with Gasteiger partial charge in [0.05, 0.1) is 12.9 Å². The van der Waals surface area contributed by atoms with Crippen molar-refractivity contribution in [3.63, 3.8) is 0 Å². The van der Waals surface area contributed by atoms with E-state index in [2.05, 4.69) is 11.6 Å². The van der Waals surface area contributed by atoms with Crippen molar-refractivity contribution in [2.75, 3.05) is 39.1 Å². The molecule has 1 atom stereocenters. The molecule has 0 bridgehead atoms. The SMILES string of the molecule is CCCOC[C@@H]1CCN(C(=O)CCNS(C)(=O)=O)C1. The molecule has 0 unspecified atom stereocenters. The Hall–Kier alpha value is -0.660. The molecule has 0 spiro atoms. The van der Waals surface area contributed by atoms with Crippen LogP contribution in [0.5, 0.6) is 0 Å². The first-order valence-corrected chi connectivity index (χ1v) is 8.61. The van der Waals surface area contributed by atoms with Gasteiger partial charge in [0.25, 0.3) is 0 Å². The van der Waals surface area contributed by atoms with Gasteiger partial charge >= 0.3 is 0 Å². The van der Waals surface area contributed by atoms with Crippen molar-refractivity contribution in [3.8, 4) is 0 Å². The number of hydrogen-bond acceptors (Lipinski definition) is 4. The second kappa shape index (κ2) is 7.81. The number of sulfonamides is 1. The number of nitrogens with one attached hydrogen (secondary N) is 1. The van der Waals surface area contributed by atoms with Crippen molar-refractivity contribution in [2.45, 2.75) is 26.2 Å². The van der Waals surface area contributed by atoms with E-state index in [1.54, 1.807) is 4.90 Å². The molecule has 1 saturated heterocycles. The molecule has 19 heavy (non-hydrogen) atoms. The summed E-state index contributed by atoms with van der Waals surface area (Å²) in [6.45, 7) is 5.19. The maximum Gasteiger partial charge on any atom is 0.223 e. The van der Waals surface area contributed by atoms with Crippen LogP contribution in [0, 0.1) is 5.92 Å². The molecule has 0 saturated carbocycles. The van der Waals surface area contributed by atoms with Gasteiger partial charge in [0.1, 0.15) is 0 Å². The summed E-state index contributed by atoms with van der Waals surface area (Å²) in [7, 11) is -3.21. The Morgan fingerprint density at radius 1 is 1.47 bits per heavy atom. The lowest BCUT2D eigenvalue weighted by Gasteiger charge is -2.16. The summed E-state index contributed by atoms with van der Waals surface area (Å²) in [5.41, 5.74) is 0. The number of amides is 1. The van der Waals surface area contributed by atoms with Crippen LogP contribution in [-0.2, 0) is 19.6 Å². The van der Waals surface area contributed by atoms with E-state index in [0.717, 1.165) is 38.8 Å². The van der Waals surface area contributed by atoms with Crippen LogP contribution >= 0.6 is 0 Å². The number of ether oxygens (including phenoxy) is 1. The average Bonchev–Trinajstić information content (AvgIpc) is 2.76. The summed E-state index contributed by atoms with van der Waals surface area (Å²) < 4.78 is 29.6. The van der Waals surface area contributed by atoms with Crippen molar-refractivity contribution in [3.05, 3.63) is 0 Å². The molecular formula is C12H24N2O4S. The van der Waals surface area contributed by atoms with Crippen LogP contribution in [0.2, 0.25) is 0 Å². The molecule has 0 radical (unpaired) electrons. The van der Waals surface area contributed by atoms with Gasteiger partial charge in [-0.3, -0.25) is 4.79 Å². The van der Waals surface area contributed by atoms with Gasteiger partial charge in [0.15, 0.2) is 0 Å². The highest BCUT2D eigenvalue weighted by Crippen LogP contribution is 2.17. The molecule has 1 fully saturated rings. The Morgan fingerprint density at radius 2 is 2.21 bits per heavy atom. The number of carbonyl (C=O) groups excluding carboxylic acids is 1. The number of rotatable bonds is 8. The second-order valence-corrected chi connectivity index (χ2v) is 6.82. The van der Waals surface area contributed by atoms with Crippen LogP contribution < -0.4 is 4.72 Å². The minimum atomic E-state index is -3.21. The van der Waals surface area contributed by atoms with Crippen LogP contribution in [0.3, 0.4) is 0 Å². The monoisotopic (exact) mass is 292 g/mol. The molecule has 1 aliphatic rings. The summed E-state index contributed by atoms with van der Waals surface area (Å²) in [5, 5.41) is 0. The largest absolute Gasteiger partial charge is 0.381 e. The number of carbonyl (C=O) groups is 1. The Bertz CT molecular complexity index is 383. The zero-order chi connectivity index (χ0) is 14.3. The Balaban J connectivity index is 2.20. The highest BCUT2D eigenvalue weighted by molar-refractivity contribution is 7.88. The first-order chi connectivity index (χ1) is 8.92. The summed E-state index contributed by atoms with van der Waals surface area (Å²) >= 11 is 0.